The Bertz CT molecular complexity index is 455. The minimum atomic E-state index is -0.498. The van der Waals surface area contributed by atoms with E-state index >= 15 is 0 Å². The first-order valence-electron chi connectivity index (χ1n) is 6.86. The SMILES string of the molecule is Cc1ccc(NC(=O)NC[C@H](C)CC2(C)OCCO2)s1. The van der Waals surface area contributed by atoms with Crippen molar-refractivity contribution in [1.29, 1.82) is 0 Å². The Kier molecular flexibility index (Phi) is 5.01. The standard InChI is InChI=1S/C14H22N2O3S/c1-10(8-14(3)18-6-7-19-14)9-15-13(17)16-12-5-4-11(2)20-12/h4-5,10H,6-9H2,1-3H3,(H2,15,16,17)/t10-/m1/s1. The molecule has 1 aliphatic rings. The fourth-order valence-corrected chi connectivity index (χ4v) is 3.07. The summed E-state index contributed by atoms with van der Waals surface area (Å²) in [4.78, 5) is 12.9. The number of rotatable bonds is 5. The highest BCUT2D eigenvalue weighted by molar-refractivity contribution is 7.16. The molecule has 1 atom stereocenters. The molecule has 112 valence electrons. The molecule has 2 rings (SSSR count). The van der Waals surface area contributed by atoms with Gasteiger partial charge >= 0.3 is 6.03 Å². The summed E-state index contributed by atoms with van der Waals surface area (Å²) in [6, 6.07) is 3.72. The summed E-state index contributed by atoms with van der Waals surface area (Å²) < 4.78 is 11.1. The van der Waals surface area contributed by atoms with Crippen molar-refractivity contribution < 1.29 is 14.3 Å². The van der Waals surface area contributed by atoms with Crippen LogP contribution in [-0.4, -0.2) is 31.6 Å². The first kappa shape index (κ1) is 15.3. The van der Waals surface area contributed by atoms with Gasteiger partial charge < -0.3 is 14.8 Å². The maximum absolute atomic E-state index is 11.8. The van der Waals surface area contributed by atoms with Gasteiger partial charge in [-0.1, -0.05) is 6.92 Å². The summed E-state index contributed by atoms with van der Waals surface area (Å²) in [6.45, 7) is 7.93. The molecule has 1 aliphatic heterocycles. The van der Waals surface area contributed by atoms with E-state index in [4.69, 9.17) is 9.47 Å². The van der Waals surface area contributed by atoms with Gasteiger partial charge in [0, 0.05) is 17.8 Å². The number of hydrogen-bond acceptors (Lipinski definition) is 4. The number of hydrogen-bond donors (Lipinski definition) is 2. The van der Waals surface area contributed by atoms with Crippen molar-refractivity contribution in [3.05, 3.63) is 17.0 Å². The zero-order valence-electron chi connectivity index (χ0n) is 12.2. The quantitative estimate of drug-likeness (QED) is 0.878. The number of ether oxygens (including phenoxy) is 2. The molecule has 5 nitrogen and oxygen atoms in total. The van der Waals surface area contributed by atoms with E-state index in [1.54, 1.807) is 11.3 Å². The van der Waals surface area contributed by atoms with Gasteiger partial charge in [-0.15, -0.1) is 11.3 Å². The Balaban J connectivity index is 1.70. The third-order valence-electron chi connectivity index (χ3n) is 3.21. The maximum Gasteiger partial charge on any atom is 0.319 e. The normalized spacial score (nSPS) is 18.8. The second-order valence-electron chi connectivity index (χ2n) is 5.39. The van der Waals surface area contributed by atoms with Crippen molar-refractivity contribution in [1.82, 2.24) is 5.32 Å². The smallest absolute Gasteiger partial charge is 0.319 e. The van der Waals surface area contributed by atoms with Crippen LogP contribution in [0.3, 0.4) is 0 Å². The predicted molar refractivity (Wildman–Crippen MR) is 80.2 cm³/mol. The number of anilines is 1. The second-order valence-corrected chi connectivity index (χ2v) is 6.67. The average Bonchev–Trinajstić information content (AvgIpc) is 2.96. The molecule has 2 N–H and O–H groups in total. The van der Waals surface area contributed by atoms with Crippen LogP contribution in [0, 0.1) is 12.8 Å². The Morgan fingerprint density at radius 1 is 1.45 bits per heavy atom. The molecule has 1 saturated heterocycles. The highest BCUT2D eigenvalue weighted by Gasteiger charge is 2.32. The molecular weight excluding hydrogens is 276 g/mol. The molecule has 0 unspecified atom stereocenters. The summed E-state index contributed by atoms with van der Waals surface area (Å²) >= 11 is 1.56. The largest absolute Gasteiger partial charge is 0.348 e. The molecule has 6 heteroatoms. The van der Waals surface area contributed by atoms with Gasteiger partial charge in [0.05, 0.1) is 18.2 Å². The highest BCUT2D eigenvalue weighted by atomic mass is 32.1. The maximum atomic E-state index is 11.8. The molecule has 2 heterocycles. The molecule has 1 fully saturated rings. The Morgan fingerprint density at radius 3 is 2.75 bits per heavy atom. The van der Waals surface area contributed by atoms with Crippen molar-refractivity contribution in [2.75, 3.05) is 25.1 Å². The van der Waals surface area contributed by atoms with Gasteiger partial charge in [0.2, 0.25) is 0 Å². The van der Waals surface area contributed by atoms with E-state index in [9.17, 15) is 4.79 Å². The number of thiophene rings is 1. The zero-order chi connectivity index (χ0) is 14.6. The van der Waals surface area contributed by atoms with E-state index in [1.807, 2.05) is 26.0 Å². The summed E-state index contributed by atoms with van der Waals surface area (Å²) in [6.07, 6.45) is 0.769. The summed E-state index contributed by atoms with van der Waals surface area (Å²) in [5.41, 5.74) is 0. The van der Waals surface area contributed by atoms with Crippen molar-refractivity contribution in [2.45, 2.75) is 33.0 Å². The molecule has 20 heavy (non-hydrogen) atoms. The molecule has 1 aromatic rings. The van der Waals surface area contributed by atoms with Crippen molar-refractivity contribution in [3.63, 3.8) is 0 Å². The lowest BCUT2D eigenvalue weighted by molar-refractivity contribution is -0.153. The van der Waals surface area contributed by atoms with E-state index in [2.05, 4.69) is 17.6 Å². The second kappa shape index (κ2) is 6.56. The van der Waals surface area contributed by atoms with Gasteiger partial charge in [0.25, 0.3) is 0 Å². The van der Waals surface area contributed by atoms with Crippen LogP contribution in [0.2, 0.25) is 0 Å². The minimum Gasteiger partial charge on any atom is -0.348 e. The topological polar surface area (TPSA) is 59.6 Å². The Morgan fingerprint density at radius 2 is 2.15 bits per heavy atom. The molecule has 1 aromatic heterocycles. The fourth-order valence-electron chi connectivity index (χ4n) is 2.30. The third-order valence-corrected chi connectivity index (χ3v) is 4.12. The van der Waals surface area contributed by atoms with Gasteiger partial charge in [-0.05, 0) is 31.9 Å². The van der Waals surface area contributed by atoms with E-state index < -0.39 is 5.79 Å². The number of carbonyl (C=O) groups is 1. The number of amides is 2. The molecule has 0 aliphatic carbocycles. The van der Waals surface area contributed by atoms with Crippen LogP contribution in [0.1, 0.15) is 25.1 Å². The van der Waals surface area contributed by atoms with E-state index in [1.165, 1.54) is 4.88 Å². The van der Waals surface area contributed by atoms with Crippen molar-refractivity contribution in [3.8, 4) is 0 Å². The molecule has 0 bridgehead atoms. The van der Waals surface area contributed by atoms with E-state index in [0.717, 1.165) is 11.4 Å². The number of urea groups is 1. The van der Waals surface area contributed by atoms with Crippen LogP contribution in [0.4, 0.5) is 9.80 Å². The molecule has 0 saturated carbocycles. The van der Waals surface area contributed by atoms with Gasteiger partial charge in [0.15, 0.2) is 5.79 Å². The van der Waals surface area contributed by atoms with Crippen LogP contribution < -0.4 is 10.6 Å². The molecular formula is C14H22N2O3S. The lowest BCUT2D eigenvalue weighted by Crippen LogP contribution is -2.36. The van der Waals surface area contributed by atoms with Gasteiger partial charge in [-0.25, -0.2) is 4.79 Å². The van der Waals surface area contributed by atoms with Gasteiger partial charge in [-0.2, -0.15) is 0 Å². The monoisotopic (exact) mass is 298 g/mol. The highest BCUT2D eigenvalue weighted by Crippen LogP contribution is 2.26. The van der Waals surface area contributed by atoms with Crippen molar-refractivity contribution in [2.24, 2.45) is 5.92 Å². The zero-order valence-corrected chi connectivity index (χ0v) is 13.0. The third kappa shape index (κ3) is 4.47. The summed E-state index contributed by atoms with van der Waals surface area (Å²) in [5, 5.41) is 6.57. The average molecular weight is 298 g/mol. The van der Waals surface area contributed by atoms with Crippen LogP contribution in [0.25, 0.3) is 0 Å². The fraction of sp³-hybridized carbons (Fsp3) is 0.643. The van der Waals surface area contributed by atoms with E-state index in [0.29, 0.717) is 19.8 Å². The molecule has 2 amide bonds. The summed E-state index contributed by atoms with van der Waals surface area (Å²) in [7, 11) is 0. The lowest BCUT2D eigenvalue weighted by Gasteiger charge is -2.25. The van der Waals surface area contributed by atoms with Crippen LogP contribution in [0.5, 0.6) is 0 Å². The Hall–Kier alpha value is -1.11. The number of aryl methyl sites for hydroxylation is 1. The van der Waals surface area contributed by atoms with Crippen LogP contribution >= 0.6 is 11.3 Å². The van der Waals surface area contributed by atoms with Gasteiger partial charge in [-0.3, -0.25) is 5.32 Å². The first-order chi connectivity index (χ1) is 9.47. The van der Waals surface area contributed by atoms with Gasteiger partial charge in [0.1, 0.15) is 0 Å². The van der Waals surface area contributed by atoms with Crippen molar-refractivity contribution >= 4 is 22.4 Å². The minimum absolute atomic E-state index is 0.169. The molecule has 0 radical (unpaired) electrons. The number of nitrogens with one attached hydrogen (secondary N) is 2. The number of carbonyl (C=O) groups excluding carboxylic acids is 1. The van der Waals surface area contributed by atoms with Crippen LogP contribution in [0.15, 0.2) is 12.1 Å². The van der Waals surface area contributed by atoms with Crippen LogP contribution in [-0.2, 0) is 9.47 Å². The predicted octanol–water partition coefficient (Wildman–Crippen LogP) is 2.97. The lowest BCUT2D eigenvalue weighted by atomic mass is 10.0. The van der Waals surface area contributed by atoms with E-state index in [-0.39, 0.29) is 11.9 Å². The molecule has 0 aromatic carbocycles. The Labute approximate surface area is 123 Å². The first-order valence-corrected chi connectivity index (χ1v) is 7.68. The molecule has 0 spiro atoms. The summed E-state index contributed by atoms with van der Waals surface area (Å²) in [5.74, 6) is -0.212.